The first-order valence-corrected chi connectivity index (χ1v) is 7.75. The monoisotopic (exact) mass is 440 g/mol. The number of carbonyl (C=O) groups is 1. The standard InChI is InChI=1S/C13H10Br2N6O2/c1-6-3-8(14)9(13(22)23-2)10(15)11(6)17-5-7(4-16)12-18-20-21-19-12/h3,5,17H,1-2H3,(H,18,19,20,21). The third-order valence-corrected chi connectivity index (χ3v) is 4.29. The molecule has 2 rings (SSSR count). The molecule has 0 aliphatic rings. The largest absolute Gasteiger partial charge is 0.465 e. The number of allylic oxidation sites excluding steroid dienone is 1. The van der Waals surface area contributed by atoms with Crippen molar-refractivity contribution in [1.82, 2.24) is 20.6 Å². The van der Waals surface area contributed by atoms with Crippen LogP contribution in [-0.4, -0.2) is 33.7 Å². The number of aromatic amines is 1. The number of anilines is 1. The SMILES string of the molecule is COC(=O)c1c(Br)cc(C)c(NC=C(C#N)c2nn[nH]n2)c1Br. The maximum atomic E-state index is 11.9. The average molecular weight is 442 g/mol. The van der Waals surface area contributed by atoms with Crippen molar-refractivity contribution in [3.05, 3.63) is 38.2 Å². The molecule has 0 unspecified atom stereocenters. The third kappa shape index (κ3) is 3.57. The first-order valence-electron chi connectivity index (χ1n) is 6.17. The molecule has 0 spiro atoms. The third-order valence-electron chi connectivity index (χ3n) is 2.87. The number of rotatable bonds is 4. The van der Waals surface area contributed by atoms with Crippen molar-refractivity contribution in [3.63, 3.8) is 0 Å². The van der Waals surface area contributed by atoms with Crippen molar-refractivity contribution in [2.45, 2.75) is 6.92 Å². The van der Waals surface area contributed by atoms with Crippen LogP contribution in [-0.2, 0) is 4.74 Å². The number of nitrogens with one attached hydrogen (secondary N) is 2. The number of halogens is 2. The first kappa shape index (κ1) is 17.1. The summed E-state index contributed by atoms with van der Waals surface area (Å²) in [6, 6.07) is 3.74. The molecule has 2 N–H and O–H groups in total. The highest BCUT2D eigenvalue weighted by Crippen LogP contribution is 2.36. The number of aryl methyl sites for hydroxylation is 1. The second-order valence-corrected chi connectivity index (χ2v) is 5.93. The van der Waals surface area contributed by atoms with Gasteiger partial charge in [-0.1, -0.05) is 0 Å². The predicted molar refractivity (Wildman–Crippen MR) is 89.3 cm³/mol. The van der Waals surface area contributed by atoms with Crippen molar-refractivity contribution >= 4 is 49.1 Å². The molecule has 1 aromatic carbocycles. The second kappa shape index (κ2) is 7.34. The number of methoxy groups -OCH3 is 1. The van der Waals surface area contributed by atoms with Gasteiger partial charge >= 0.3 is 5.97 Å². The number of benzene rings is 1. The van der Waals surface area contributed by atoms with Gasteiger partial charge in [-0.2, -0.15) is 10.5 Å². The molecule has 2 aromatic rings. The molecule has 0 aliphatic carbocycles. The number of nitrogens with zero attached hydrogens (tertiary/aromatic N) is 4. The van der Waals surface area contributed by atoms with E-state index in [1.54, 1.807) is 6.07 Å². The van der Waals surface area contributed by atoms with Gasteiger partial charge in [0.05, 0.1) is 22.8 Å². The van der Waals surface area contributed by atoms with E-state index in [0.717, 1.165) is 5.56 Å². The lowest BCUT2D eigenvalue weighted by molar-refractivity contribution is 0.0598. The first-order chi connectivity index (χ1) is 11.0. The number of ether oxygens (including phenoxy) is 1. The molecule has 8 nitrogen and oxygen atoms in total. The number of nitriles is 1. The van der Waals surface area contributed by atoms with Gasteiger partial charge in [-0.25, -0.2) is 4.79 Å². The number of aromatic nitrogens is 4. The summed E-state index contributed by atoms with van der Waals surface area (Å²) in [5.74, 6) is -0.325. The Hall–Kier alpha value is -2.25. The van der Waals surface area contributed by atoms with Crippen LogP contribution in [0.5, 0.6) is 0 Å². The Labute approximate surface area is 148 Å². The molecule has 23 heavy (non-hydrogen) atoms. The quantitative estimate of drug-likeness (QED) is 0.553. The molecule has 0 radical (unpaired) electrons. The van der Waals surface area contributed by atoms with E-state index in [9.17, 15) is 4.79 Å². The minimum atomic E-state index is -0.491. The van der Waals surface area contributed by atoms with Crippen LogP contribution in [0, 0.1) is 18.3 Å². The van der Waals surface area contributed by atoms with Crippen molar-refractivity contribution < 1.29 is 9.53 Å². The van der Waals surface area contributed by atoms with Gasteiger partial charge in [-0.3, -0.25) is 0 Å². The smallest absolute Gasteiger partial charge is 0.340 e. The average Bonchev–Trinajstić information content (AvgIpc) is 3.04. The normalized spacial score (nSPS) is 11.0. The topological polar surface area (TPSA) is 117 Å². The van der Waals surface area contributed by atoms with Crippen LogP contribution < -0.4 is 5.32 Å². The lowest BCUT2D eigenvalue weighted by Crippen LogP contribution is -2.07. The molecule has 0 saturated heterocycles. The number of H-pyrrole nitrogens is 1. The summed E-state index contributed by atoms with van der Waals surface area (Å²) in [6.07, 6.45) is 1.44. The molecule has 0 fully saturated rings. The van der Waals surface area contributed by atoms with E-state index in [0.29, 0.717) is 20.2 Å². The summed E-state index contributed by atoms with van der Waals surface area (Å²) in [4.78, 5) is 11.9. The highest BCUT2D eigenvalue weighted by molar-refractivity contribution is 9.11. The minimum absolute atomic E-state index is 0.166. The van der Waals surface area contributed by atoms with Crippen LogP contribution in [0.15, 0.2) is 21.2 Å². The molecular weight excluding hydrogens is 432 g/mol. The predicted octanol–water partition coefficient (Wildman–Crippen LogP) is 2.80. The Bertz CT molecular complexity index is 811. The Kier molecular flexibility index (Phi) is 5.46. The maximum absolute atomic E-state index is 11.9. The van der Waals surface area contributed by atoms with Crippen LogP contribution in [0.1, 0.15) is 21.7 Å². The summed E-state index contributed by atoms with van der Waals surface area (Å²) < 4.78 is 5.88. The fourth-order valence-electron chi connectivity index (χ4n) is 1.77. The molecule has 0 aliphatic heterocycles. The summed E-state index contributed by atoms with van der Waals surface area (Å²) in [7, 11) is 1.30. The van der Waals surface area contributed by atoms with Crippen molar-refractivity contribution in [2.24, 2.45) is 0 Å². The molecular formula is C13H10Br2N6O2. The van der Waals surface area contributed by atoms with Crippen molar-refractivity contribution in [1.29, 1.82) is 5.26 Å². The molecule has 10 heteroatoms. The number of carbonyl (C=O) groups excluding carboxylic acids is 1. The second-order valence-electron chi connectivity index (χ2n) is 4.28. The zero-order chi connectivity index (χ0) is 17.0. The molecule has 1 aromatic heterocycles. The van der Waals surface area contributed by atoms with Crippen LogP contribution in [0.25, 0.3) is 5.57 Å². The molecule has 0 bridgehead atoms. The van der Waals surface area contributed by atoms with Gasteiger partial charge in [0.2, 0.25) is 5.82 Å². The van der Waals surface area contributed by atoms with E-state index in [1.165, 1.54) is 13.3 Å². The zero-order valence-electron chi connectivity index (χ0n) is 12.0. The van der Waals surface area contributed by atoms with Gasteiger partial charge in [0.15, 0.2) is 0 Å². The van der Waals surface area contributed by atoms with Gasteiger partial charge in [0, 0.05) is 10.7 Å². The number of esters is 1. The number of hydrogen-bond donors (Lipinski definition) is 2. The van der Waals surface area contributed by atoms with E-state index in [1.807, 2.05) is 13.0 Å². The van der Waals surface area contributed by atoms with Crippen LogP contribution in [0.4, 0.5) is 5.69 Å². The summed E-state index contributed by atoms with van der Waals surface area (Å²) in [5.41, 5.74) is 1.99. The fraction of sp³-hybridized carbons (Fsp3) is 0.154. The Morgan fingerprint density at radius 2 is 2.26 bits per heavy atom. The highest BCUT2D eigenvalue weighted by Gasteiger charge is 2.19. The van der Waals surface area contributed by atoms with E-state index in [4.69, 9.17) is 10.00 Å². The van der Waals surface area contributed by atoms with Crippen LogP contribution in [0.3, 0.4) is 0 Å². The molecule has 0 saturated carbocycles. The van der Waals surface area contributed by atoms with E-state index < -0.39 is 5.97 Å². The summed E-state index contributed by atoms with van der Waals surface area (Å²) in [6.45, 7) is 1.85. The van der Waals surface area contributed by atoms with Gasteiger partial charge in [0.25, 0.3) is 0 Å². The Morgan fingerprint density at radius 3 is 2.83 bits per heavy atom. The maximum Gasteiger partial charge on any atom is 0.340 e. The molecule has 0 amide bonds. The van der Waals surface area contributed by atoms with E-state index in [2.05, 4.69) is 57.8 Å². The van der Waals surface area contributed by atoms with Crippen LogP contribution >= 0.6 is 31.9 Å². The van der Waals surface area contributed by atoms with Crippen molar-refractivity contribution in [2.75, 3.05) is 12.4 Å². The lowest BCUT2D eigenvalue weighted by atomic mass is 10.1. The lowest BCUT2D eigenvalue weighted by Gasteiger charge is -2.14. The fourth-order valence-corrected chi connectivity index (χ4v) is 3.54. The molecule has 1 heterocycles. The van der Waals surface area contributed by atoms with E-state index >= 15 is 0 Å². The number of tetrazole rings is 1. The van der Waals surface area contributed by atoms with Gasteiger partial charge < -0.3 is 10.1 Å². The summed E-state index contributed by atoms with van der Waals surface area (Å²) in [5, 5.41) is 25.3. The highest BCUT2D eigenvalue weighted by atomic mass is 79.9. The van der Waals surface area contributed by atoms with Gasteiger partial charge in [-0.05, 0) is 55.6 Å². The minimum Gasteiger partial charge on any atom is -0.465 e. The number of hydrogen-bond acceptors (Lipinski definition) is 7. The molecule has 0 atom stereocenters. The molecule has 118 valence electrons. The zero-order valence-corrected chi connectivity index (χ0v) is 15.2. The van der Waals surface area contributed by atoms with E-state index in [-0.39, 0.29) is 11.4 Å². The Balaban J connectivity index is 2.44. The van der Waals surface area contributed by atoms with Gasteiger partial charge in [0.1, 0.15) is 11.6 Å². The Morgan fingerprint density at radius 1 is 1.52 bits per heavy atom. The van der Waals surface area contributed by atoms with Crippen molar-refractivity contribution in [3.8, 4) is 6.07 Å². The van der Waals surface area contributed by atoms with Gasteiger partial charge in [-0.15, -0.1) is 10.2 Å². The summed E-state index contributed by atoms with van der Waals surface area (Å²) >= 11 is 6.73. The van der Waals surface area contributed by atoms with Crippen LogP contribution in [0.2, 0.25) is 0 Å².